The van der Waals surface area contributed by atoms with Crippen LogP contribution < -0.4 is 0 Å². The van der Waals surface area contributed by atoms with E-state index in [0.717, 1.165) is 37.9 Å². The third kappa shape index (κ3) is 3.18. The van der Waals surface area contributed by atoms with Gasteiger partial charge in [-0.15, -0.1) is 0 Å². The quantitative estimate of drug-likeness (QED) is 0.897. The van der Waals surface area contributed by atoms with Crippen molar-refractivity contribution in [2.24, 2.45) is 0 Å². The van der Waals surface area contributed by atoms with Gasteiger partial charge in [-0.25, -0.2) is 4.39 Å². The fraction of sp³-hybridized carbons (Fsp3) is 0.538. The summed E-state index contributed by atoms with van der Waals surface area (Å²) in [5, 5.41) is 9.16. The van der Waals surface area contributed by atoms with Gasteiger partial charge in [0.05, 0.1) is 5.02 Å². The average Bonchev–Trinajstić information content (AvgIpc) is 2.72. The molecule has 1 aliphatic rings. The Morgan fingerprint density at radius 1 is 1.47 bits per heavy atom. The fourth-order valence-electron chi connectivity index (χ4n) is 2.45. The van der Waals surface area contributed by atoms with E-state index >= 15 is 0 Å². The Kier molecular flexibility index (Phi) is 4.37. The summed E-state index contributed by atoms with van der Waals surface area (Å²) < 4.78 is 13.3. The summed E-state index contributed by atoms with van der Waals surface area (Å²) >= 11 is 5.65. The fourth-order valence-corrected chi connectivity index (χ4v) is 2.57. The van der Waals surface area contributed by atoms with E-state index in [2.05, 4.69) is 4.90 Å². The van der Waals surface area contributed by atoms with Gasteiger partial charge in [-0.05, 0) is 43.5 Å². The lowest BCUT2D eigenvalue weighted by molar-refractivity contribution is 0.189. The van der Waals surface area contributed by atoms with Gasteiger partial charge in [-0.3, -0.25) is 4.90 Å². The highest BCUT2D eigenvalue weighted by atomic mass is 35.5. The second-order valence-corrected chi connectivity index (χ2v) is 4.93. The van der Waals surface area contributed by atoms with E-state index in [-0.39, 0.29) is 17.4 Å². The third-order valence-corrected chi connectivity index (χ3v) is 3.64. The van der Waals surface area contributed by atoms with E-state index < -0.39 is 0 Å². The van der Waals surface area contributed by atoms with Gasteiger partial charge in [0, 0.05) is 19.2 Å². The number of aliphatic hydroxyl groups is 1. The number of benzene rings is 1. The molecule has 2 nitrogen and oxygen atoms in total. The van der Waals surface area contributed by atoms with E-state index in [1.165, 1.54) is 6.07 Å². The molecule has 1 aromatic carbocycles. The minimum Gasteiger partial charge on any atom is -0.396 e. The van der Waals surface area contributed by atoms with E-state index in [4.69, 9.17) is 16.7 Å². The number of halogens is 2. The molecule has 17 heavy (non-hydrogen) atoms. The summed E-state index contributed by atoms with van der Waals surface area (Å²) in [6.07, 6.45) is 3.08. The van der Waals surface area contributed by atoms with Crippen molar-refractivity contribution in [2.75, 3.05) is 13.2 Å². The molecule has 1 fully saturated rings. The van der Waals surface area contributed by atoms with Gasteiger partial charge in [0.1, 0.15) is 5.82 Å². The lowest BCUT2D eigenvalue weighted by atomic mass is 10.1. The smallest absolute Gasteiger partial charge is 0.142 e. The van der Waals surface area contributed by atoms with Gasteiger partial charge in [-0.2, -0.15) is 0 Å². The summed E-state index contributed by atoms with van der Waals surface area (Å²) in [6.45, 7) is 1.98. The minimum atomic E-state index is -0.359. The van der Waals surface area contributed by atoms with Crippen molar-refractivity contribution in [1.29, 1.82) is 0 Å². The number of likely N-dealkylation sites (tertiary alicyclic amines) is 1. The van der Waals surface area contributed by atoms with Crippen molar-refractivity contribution in [3.63, 3.8) is 0 Å². The molecule has 2 rings (SSSR count). The zero-order valence-electron chi connectivity index (χ0n) is 9.70. The zero-order valence-corrected chi connectivity index (χ0v) is 10.5. The minimum absolute atomic E-state index is 0.169. The van der Waals surface area contributed by atoms with Crippen molar-refractivity contribution in [1.82, 2.24) is 4.90 Å². The van der Waals surface area contributed by atoms with Crippen LogP contribution in [0.2, 0.25) is 5.02 Å². The molecular formula is C13H17ClFNO. The van der Waals surface area contributed by atoms with Gasteiger partial charge in [0.2, 0.25) is 0 Å². The highest BCUT2D eigenvalue weighted by molar-refractivity contribution is 6.30. The molecule has 1 saturated heterocycles. The maximum Gasteiger partial charge on any atom is 0.142 e. The molecule has 1 aromatic rings. The predicted molar refractivity (Wildman–Crippen MR) is 66.5 cm³/mol. The molecule has 0 spiro atoms. The molecule has 94 valence electrons. The van der Waals surface area contributed by atoms with Crippen LogP contribution in [-0.2, 0) is 6.54 Å². The van der Waals surface area contributed by atoms with Crippen molar-refractivity contribution >= 4 is 11.6 Å². The molecule has 1 aliphatic heterocycles. The molecule has 0 bridgehead atoms. The maximum absolute atomic E-state index is 13.3. The molecule has 0 unspecified atom stereocenters. The highest BCUT2D eigenvalue weighted by Gasteiger charge is 2.23. The summed E-state index contributed by atoms with van der Waals surface area (Å²) in [5.41, 5.74) is 0.941. The molecule has 0 radical (unpaired) electrons. The Morgan fingerprint density at radius 3 is 3.00 bits per heavy atom. The second kappa shape index (κ2) is 5.80. The number of aliphatic hydroxyl groups excluding tert-OH is 1. The van der Waals surface area contributed by atoms with Crippen molar-refractivity contribution in [3.8, 4) is 0 Å². The maximum atomic E-state index is 13.3. The first-order valence-corrected chi connectivity index (χ1v) is 6.37. The normalized spacial score (nSPS) is 21.0. The number of hydrogen-bond donors (Lipinski definition) is 1. The van der Waals surface area contributed by atoms with Gasteiger partial charge in [-0.1, -0.05) is 17.7 Å². The van der Waals surface area contributed by atoms with Gasteiger partial charge in [0.25, 0.3) is 0 Å². The summed E-state index contributed by atoms with van der Waals surface area (Å²) in [7, 11) is 0. The largest absolute Gasteiger partial charge is 0.396 e. The van der Waals surface area contributed by atoms with Crippen LogP contribution in [0.4, 0.5) is 4.39 Å². The van der Waals surface area contributed by atoms with Crippen molar-refractivity contribution in [2.45, 2.75) is 31.8 Å². The molecule has 0 aliphatic carbocycles. The zero-order chi connectivity index (χ0) is 12.3. The van der Waals surface area contributed by atoms with Crippen molar-refractivity contribution in [3.05, 3.63) is 34.6 Å². The lowest BCUT2D eigenvalue weighted by Crippen LogP contribution is -2.29. The van der Waals surface area contributed by atoms with Gasteiger partial charge in [0.15, 0.2) is 0 Å². The molecule has 1 heterocycles. The Morgan fingerprint density at radius 2 is 2.29 bits per heavy atom. The molecule has 1 atom stereocenters. The highest BCUT2D eigenvalue weighted by Crippen LogP contribution is 2.23. The number of hydrogen-bond acceptors (Lipinski definition) is 2. The Labute approximate surface area is 106 Å². The van der Waals surface area contributed by atoms with Crippen molar-refractivity contribution < 1.29 is 9.50 Å². The van der Waals surface area contributed by atoms with Gasteiger partial charge >= 0.3 is 0 Å². The van der Waals surface area contributed by atoms with Crippen LogP contribution >= 0.6 is 11.6 Å². The molecule has 4 heteroatoms. The number of nitrogens with zero attached hydrogens (tertiary/aromatic N) is 1. The average molecular weight is 258 g/mol. The second-order valence-electron chi connectivity index (χ2n) is 4.53. The summed E-state index contributed by atoms with van der Waals surface area (Å²) in [6, 6.07) is 5.39. The van der Waals surface area contributed by atoms with E-state index in [0.29, 0.717) is 6.04 Å². The molecule has 0 amide bonds. The first-order valence-electron chi connectivity index (χ1n) is 5.99. The number of rotatable bonds is 4. The van der Waals surface area contributed by atoms with E-state index in [1.807, 2.05) is 6.07 Å². The van der Waals surface area contributed by atoms with Crippen LogP contribution in [0.3, 0.4) is 0 Å². The Balaban J connectivity index is 2.02. The van der Waals surface area contributed by atoms with E-state index in [9.17, 15) is 4.39 Å². The predicted octanol–water partition coefficient (Wildman–Crippen LogP) is 2.83. The van der Waals surface area contributed by atoms with Crippen LogP contribution in [0.25, 0.3) is 0 Å². The monoisotopic (exact) mass is 257 g/mol. The summed E-state index contributed by atoms with van der Waals surface area (Å²) in [5.74, 6) is -0.359. The Bertz CT molecular complexity index is 386. The molecular weight excluding hydrogens is 241 g/mol. The molecule has 0 aromatic heterocycles. The lowest BCUT2D eigenvalue weighted by Gasteiger charge is -2.23. The van der Waals surface area contributed by atoms with Gasteiger partial charge < -0.3 is 5.11 Å². The van der Waals surface area contributed by atoms with Crippen LogP contribution in [-0.4, -0.2) is 29.2 Å². The Hall–Kier alpha value is -0.640. The standard InChI is InChI=1S/C13H17ClFNO/c14-12-4-3-10(8-13(12)15)9-16-6-1-2-11(16)5-7-17/h3-4,8,11,17H,1-2,5-7,9H2/t11-/m0/s1. The van der Waals surface area contributed by atoms with Crippen LogP contribution in [0.1, 0.15) is 24.8 Å². The van der Waals surface area contributed by atoms with E-state index in [1.54, 1.807) is 6.07 Å². The third-order valence-electron chi connectivity index (χ3n) is 3.33. The van der Waals surface area contributed by atoms with Crippen LogP contribution in [0.5, 0.6) is 0 Å². The summed E-state index contributed by atoms with van der Waals surface area (Å²) in [4.78, 5) is 2.30. The van der Waals surface area contributed by atoms with Crippen LogP contribution in [0.15, 0.2) is 18.2 Å². The first kappa shape index (κ1) is 12.8. The first-order chi connectivity index (χ1) is 8.20. The van der Waals surface area contributed by atoms with Crippen LogP contribution in [0, 0.1) is 5.82 Å². The SMILES string of the molecule is OCC[C@@H]1CCCN1Cc1ccc(Cl)c(F)c1. The molecule has 1 N–H and O–H groups in total. The topological polar surface area (TPSA) is 23.5 Å². The molecule has 0 saturated carbocycles.